The number of ether oxygens (including phenoxy) is 1. The molecule has 0 saturated carbocycles. The van der Waals surface area contributed by atoms with E-state index in [0.29, 0.717) is 0 Å². The highest BCUT2D eigenvalue weighted by Crippen LogP contribution is 2.33. The van der Waals surface area contributed by atoms with Gasteiger partial charge in [0, 0.05) is 12.1 Å². The summed E-state index contributed by atoms with van der Waals surface area (Å²) in [6.07, 6.45) is 0.859. The number of rotatable bonds is 2. The third kappa shape index (κ3) is 1.77. The molecule has 0 radical (unpaired) electrons. The van der Waals surface area contributed by atoms with Gasteiger partial charge in [-0.2, -0.15) is 0 Å². The van der Waals surface area contributed by atoms with E-state index in [-0.39, 0.29) is 11.8 Å². The number of benzene rings is 1. The molecule has 1 fully saturated rings. The summed E-state index contributed by atoms with van der Waals surface area (Å²) in [6, 6.07) is 4.08. The molecule has 1 aliphatic heterocycles. The fourth-order valence-electron chi connectivity index (χ4n) is 2.15. The molecule has 1 N–H and O–H groups in total. The summed E-state index contributed by atoms with van der Waals surface area (Å²) in [5.41, 5.74) is 3.41. The molecule has 0 bridgehead atoms. The number of aryl methyl sites for hydroxylation is 2. The van der Waals surface area contributed by atoms with Crippen LogP contribution in [0.1, 0.15) is 29.0 Å². The molecule has 1 heterocycles. The maximum Gasteiger partial charge on any atom is 0.227 e. The smallest absolute Gasteiger partial charge is 0.227 e. The van der Waals surface area contributed by atoms with Gasteiger partial charge in [-0.1, -0.05) is 6.07 Å². The lowest BCUT2D eigenvalue weighted by Crippen LogP contribution is -2.18. The van der Waals surface area contributed by atoms with Crippen molar-refractivity contribution in [3.05, 3.63) is 28.8 Å². The topological polar surface area (TPSA) is 38.3 Å². The lowest BCUT2D eigenvalue weighted by Gasteiger charge is -2.15. The van der Waals surface area contributed by atoms with Gasteiger partial charge in [0.1, 0.15) is 5.75 Å². The Hall–Kier alpha value is -1.51. The molecular weight excluding hydrogens is 202 g/mol. The number of nitrogens with one attached hydrogen (secondary N) is 1. The molecule has 0 spiro atoms. The second-order valence-electron chi connectivity index (χ2n) is 4.31. The Bertz CT molecular complexity index is 426. The van der Waals surface area contributed by atoms with Gasteiger partial charge in [-0.05, 0) is 37.5 Å². The van der Waals surface area contributed by atoms with E-state index in [1.807, 2.05) is 6.07 Å². The SMILES string of the molecule is COc1cc(C)c(C)cc1C1CCNC1=O. The first-order valence-corrected chi connectivity index (χ1v) is 5.56. The Morgan fingerprint density at radius 1 is 1.31 bits per heavy atom. The van der Waals surface area contributed by atoms with Crippen molar-refractivity contribution in [1.82, 2.24) is 5.32 Å². The van der Waals surface area contributed by atoms with E-state index in [9.17, 15) is 4.79 Å². The minimum atomic E-state index is -0.0470. The number of carbonyl (C=O) groups is 1. The standard InChI is InChI=1S/C13H17NO2/c1-8-6-11(10-4-5-14-13(10)15)12(16-3)7-9(8)2/h6-7,10H,4-5H2,1-3H3,(H,14,15). The molecule has 1 saturated heterocycles. The van der Waals surface area contributed by atoms with Crippen molar-refractivity contribution in [2.24, 2.45) is 0 Å². The van der Waals surface area contributed by atoms with Gasteiger partial charge in [-0.15, -0.1) is 0 Å². The molecule has 0 aromatic heterocycles. The number of carbonyl (C=O) groups excluding carboxylic acids is 1. The fraction of sp³-hybridized carbons (Fsp3) is 0.462. The van der Waals surface area contributed by atoms with Crippen molar-refractivity contribution in [1.29, 1.82) is 0 Å². The summed E-state index contributed by atoms with van der Waals surface area (Å²) >= 11 is 0. The van der Waals surface area contributed by atoms with E-state index in [4.69, 9.17) is 4.74 Å². The van der Waals surface area contributed by atoms with Crippen LogP contribution in [0.25, 0.3) is 0 Å². The summed E-state index contributed by atoms with van der Waals surface area (Å²) in [5, 5.41) is 2.86. The van der Waals surface area contributed by atoms with E-state index < -0.39 is 0 Å². The molecule has 1 atom stereocenters. The second kappa shape index (κ2) is 4.16. The number of hydrogen-bond donors (Lipinski definition) is 1. The zero-order valence-corrected chi connectivity index (χ0v) is 9.96. The molecular formula is C13H17NO2. The average Bonchev–Trinajstić information content (AvgIpc) is 2.68. The van der Waals surface area contributed by atoms with Crippen molar-refractivity contribution >= 4 is 5.91 Å². The van der Waals surface area contributed by atoms with Gasteiger partial charge in [0.15, 0.2) is 0 Å². The first-order valence-electron chi connectivity index (χ1n) is 5.56. The summed E-state index contributed by atoms with van der Waals surface area (Å²) in [4.78, 5) is 11.7. The summed E-state index contributed by atoms with van der Waals surface area (Å²) in [7, 11) is 1.65. The molecule has 3 nitrogen and oxygen atoms in total. The molecule has 1 aromatic carbocycles. The molecule has 1 amide bonds. The van der Waals surface area contributed by atoms with Gasteiger partial charge in [0.05, 0.1) is 13.0 Å². The zero-order chi connectivity index (χ0) is 11.7. The van der Waals surface area contributed by atoms with E-state index in [1.54, 1.807) is 7.11 Å². The first kappa shape index (κ1) is 11.0. The van der Waals surface area contributed by atoms with E-state index in [0.717, 1.165) is 24.3 Å². The highest BCUT2D eigenvalue weighted by atomic mass is 16.5. The normalized spacial score (nSPS) is 19.7. The summed E-state index contributed by atoms with van der Waals surface area (Å²) < 4.78 is 5.36. The first-order chi connectivity index (χ1) is 7.63. The molecule has 16 heavy (non-hydrogen) atoms. The monoisotopic (exact) mass is 219 g/mol. The fourth-order valence-corrected chi connectivity index (χ4v) is 2.15. The van der Waals surface area contributed by atoms with Crippen LogP contribution in [0.5, 0.6) is 5.75 Å². The largest absolute Gasteiger partial charge is 0.496 e. The Kier molecular flexibility index (Phi) is 2.86. The minimum Gasteiger partial charge on any atom is -0.496 e. The van der Waals surface area contributed by atoms with Crippen LogP contribution in [0.4, 0.5) is 0 Å². The van der Waals surface area contributed by atoms with Gasteiger partial charge >= 0.3 is 0 Å². The van der Waals surface area contributed by atoms with Gasteiger partial charge in [-0.25, -0.2) is 0 Å². The van der Waals surface area contributed by atoms with Gasteiger partial charge in [-0.3, -0.25) is 4.79 Å². The maximum atomic E-state index is 11.7. The van der Waals surface area contributed by atoms with Crippen LogP contribution >= 0.6 is 0 Å². The molecule has 3 heteroatoms. The van der Waals surface area contributed by atoms with Gasteiger partial charge in [0.25, 0.3) is 0 Å². The average molecular weight is 219 g/mol. The quantitative estimate of drug-likeness (QED) is 0.825. The molecule has 1 unspecified atom stereocenters. The van der Waals surface area contributed by atoms with Crippen LogP contribution in [0.15, 0.2) is 12.1 Å². The third-order valence-corrected chi connectivity index (χ3v) is 3.27. The Labute approximate surface area is 95.8 Å². The lowest BCUT2D eigenvalue weighted by atomic mass is 9.93. The number of hydrogen-bond acceptors (Lipinski definition) is 2. The summed E-state index contributed by atoms with van der Waals surface area (Å²) in [5.74, 6) is 0.890. The molecule has 2 rings (SSSR count). The van der Waals surface area contributed by atoms with Crippen molar-refractivity contribution in [3.63, 3.8) is 0 Å². The van der Waals surface area contributed by atoms with E-state index >= 15 is 0 Å². The molecule has 0 aliphatic carbocycles. The predicted molar refractivity (Wildman–Crippen MR) is 62.8 cm³/mol. The van der Waals surface area contributed by atoms with Crippen molar-refractivity contribution < 1.29 is 9.53 Å². The Morgan fingerprint density at radius 3 is 2.56 bits per heavy atom. The van der Waals surface area contributed by atoms with Crippen LogP contribution < -0.4 is 10.1 Å². The maximum absolute atomic E-state index is 11.7. The highest BCUT2D eigenvalue weighted by molar-refractivity contribution is 5.86. The van der Waals surface area contributed by atoms with Crippen molar-refractivity contribution in [2.75, 3.05) is 13.7 Å². The Morgan fingerprint density at radius 2 is 2.00 bits per heavy atom. The van der Waals surface area contributed by atoms with E-state index in [1.165, 1.54) is 11.1 Å². The number of amides is 1. The highest BCUT2D eigenvalue weighted by Gasteiger charge is 2.28. The Balaban J connectivity index is 2.46. The molecule has 86 valence electrons. The van der Waals surface area contributed by atoms with Gasteiger partial charge < -0.3 is 10.1 Å². The second-order valence-corrected chi connectivity index (χ2v) is 4.31. The van der Waals surface area contributed by atoms with Crippen molar-refractivity contribution in [2.45, 2.75) is 26.2 Å². The van der Waals surface area contributed by atoms with Crippen LogP contribution in [-0.4, -0.2) is 19.6 Å². The lowest BCUT2D eigenvalue weighted by molar-refractivity contribution is -0.120. The van der Waals surface area contributed by atoms with Crippen LogP contribution in [0.3, 0.4) is 0 Å². The van der Waals surface area contributed by atoms with Gasteiger partial charge in [0.2, 0.25) is 5.91 Å². The zero-order valence-electron chi connectivity index (χ0n) is 9.96. The molecule has 1 aromatic rings. The molecule has 1 aliphatic rings. The van der Waals surface area contributed by atoms with E-state index in [2.05, 4.69) is 25.2 Å². The van der Waals surface area contributed by atoms with Crippen LogP contribution in [0.2, 0.25) is 0 Å². The van der Waals surface area contributed by atoms with Crippen LogP contribution in [0, 0.1) is 13.8 Å². The third-order valence-electron chi connectivity index (χ3n) is 3.27. The van der Waals surface area contributed by atoms with Crippen molar-refractivity contribution in [3.8, 4) is 5.75 Å². The number of methoxy groups -OCH3 is 1. The van der Waals surface area contributed by atoms with Crippen LogP contribution in [-0.2, 0) is 4.79 Å². The minimum absolute atomic E-state index is 0.0470. The summed E-state index contributed by atoms with van der Waals surface area (Å²) in [6.45, 7) is 4.88. The predicted octanol–water partition coefficient (Wildman–Crippen LogP) is 1.92.